The Hall–Kier alpha value is -3.96. The average molecular weight is 470 g/mol. The van der Waals surface area contributed by atoms with Gasteiger partial charge in [0.2, 0.25) is 0 Å². The van der Waals surface area contributed by atoms with Gasteiger partial charge in [-0.05, 0) is 59.5 Å². The molecule has 0 heterocycles. The molecule has 35 heavy (non-hydrogen) atoms. The summed E-state index contributed by atoms with van der Waals surface area (Å²) in [6, 6.07) is 32.0. The lowest BCUT2D eigenvalue weighted by molar-refractivity contribution is -0.127. The second-order valence-corrected chi connectivity index (χ2v) is 8.37. The van der Waals surface area contributed by atoms with Crippen LogP contribution in [0.5, 0.6) is 5.75 Å². The van der Waals surface area contributed by atoms with Gasteiger partial charge >= 0.3 is 0 Å². The summed E-state index contributed by atoms with van der Waals surface area (Å²) < 4.78 is 19.3. The number of hydrogen-bond acceptors (Lipinski definition) is 4. The third-order valence-electron chi connectivity index (χ3n) is 5.80. The maximum atomic E-state index is 13.4. The fourth-order valence-corrected chi connectivity index (χ4v) is 3.83. The summed E-state index contributed by atoms with van der Waals surface area (Å²) in [6.45, 7) is 0.443. The lowest BCUT2D eigenvalue weighted by Gasteiger charge is -2.25. The molecule has 2 atom stereocenters. The third-order valence-corrected chi connectivity index (χ3v) is 5.80. The molecule has 0 saturated carbocycles. The van der Waals surface area contributed by atoms with E-state index in [1.165, 1.54) is 12.1 Å². The summed E-state index contributed by atoms with van der Waals surface area (Å²) in [5.41, 5.74) is 3.43. The molecule has 4 aromatic carbocycles. The number of nitrogens with one attached hydrogen (secondary N) is 1. The van der Waals surface area contributed by atoms with E-state index in [-0.39, 0.29) is 18.0 Å². The number of aliphatic hydroxyl groups is 1. The average Bonchev–Trinajstić information content (AvgIpc) is 2.91. The first-order valence-electron chi connectivity index (χ1n) is 11.6. The van der Waals surface area contributed by atoms with Crippen LogP contribution in [0.3, 0.4) is 0 Å². The SMILES string of the molecule is O=C(CCc1ccccc1)C(O)C(Nc1ccc(F)cc1)c1ccc(OCc2ccccc2)cc1. The van der Waals surface area contributed by atoms with Gasteiger partial charge in [-0.3, -0.25) is 4.79 Å². The number of aliphatic hydroxyl groups excluding tert-OH is 1. The largest absolute Gasteiger partial charge is 0.489 e. The number of carbonyl (C=O) groups excluding carboxylic acids is 1. The van der Waals surface area contributed by atoms with Gasteiger partial charge in [0.1, 0.15) is 24.3 Å². The van der Waals surface area contributed by atoms with Crippen LogP contribution < -0.4 is 10.1 Å². The molecule has 0 bridgehead atoms. The first-order chi connectivity index (χ1) is 17.1. The van der Waals surface area contributed by atoms with Gasteiger partial charge in [0.05, 0.1) is 6.04 Å². The standard InChI is InChI=1S/C30H28FNO3/c31-25-14-16-26(17-15-25)32-29(30(34)28(33)20-11-22-7-3-1-4-8-22)24-12-18-27(19-13-24)35-21-23-9-5-2-6-10-23/h1-10,12-19,29-30,32,34H,11,20-21H2. The molecule has 0 fully saturated rings. The smallest absolute Gasteiger partial charge is 0.164 e. The fourth-order valence-electron chi connectivity index (χ4n) is 3.83. The molecule has 0 aromatic heterocycles. The van der Waals surface area contributed by atoms with E-state index in [9.17, 15) is 14.3 Å². The van der Waals surface area contributed by atoms with Gasteiger partial charge in [-0.15, -0.1) is 0 Å². The quantitative estimate of drug-likeness (QED) is 0.278. The molecule has 2 unspecified atom stereocenters. The van der Waals surface area contributed by atoms with Crippen molar-refractivity contribution in [2.45, 2.75) is 31.6 Å². The Morgan fingerprint density at radius 2 is 1.40 bits per heavy atom. The summed E-state index contributed by atoms with van der Waals surface area (Å²) >= 11 is 0. The van der Waals surface area contributed by atoms with Crippen LogP contribution >= 0.6 is 0 Å². The van der Waals surface area contributed by atoms with Crippen LogP contribution in [0.25, 0.3) is 0 Å². The van der Waals surface area contributed by atoms with Crippen LogP contribution in [0.4, 0.5) is 10.1 Å². The zero-order valence-corrected chi connectivity index (χ0v) is 19.3. The number of benzene rings is 4. The number of ketones is 1. The van der Waals surface area contributed by atoms with E-state index in [0.717, 1.165) is 16.7 Å². The van der Waals surface area contributed by atoms with Gasteiger partial charge in [0.25, 0.3) is 0 Å². The molecule has 4 rings (SSSR count). The number of aryl methyl sites for hydroxylation is 1. The molecule has 0 saturated heterocycles. The van der Waals surface area contributed by atoms with Gasteiger partial charge in [-0.2, -0.15) is 0 Å². The molecule has 0 aliphatic rings. The van der Waals surface area contributed by atoms with Crippen LogP contribution in [-0.2, 0) is 17.8 Å². The minimum absolute atomic E-state index is 0.213. The monoisotopic (exact) mass is 469 g/mol. The predicted octanol–water partition coefficient (Wildman–Crippen LogP) is 6.12. The molecule has 0 radical (unpaired) electrons. The highest BCUT2D eigenvalue weighted by Gasteiger charge is 2.27. The van der Waals surface area contributed by atoms with Crippen molar-refractivity contribution in [2.24, 2.45) is 0 Å². The molecule has 0 spiro atoms. The lowest BCUT2D eigenvalue weighted by Crippen LogP contribution is -2.33. The molecule has 2 N–H and O–H groups in total. The number of anilines is 1. The van der Waals surface area contributed by atoms with Crippen LogP contribution in [0.15, 0.2) is 109 Å². The number of carbonyl (C=O) groups is 1. The number of Topliss-reactive ketones (excluding diaryl/α,β-unsaturated/α-hetero) is 1. The Morgan fingerprint density at radius 3 is 2.03 bits per heavy atom. The van der Waals surface area contributed by atoms with Crippen molar-refractivity contribution >= 4 is 11.5 Å². The van der Waals surface area contributed by atoms with Crippen LogP contribution in [0.1, 0.15) is 29.2 Å². The zero-order valence-electron chi connectivity index (χ0n) is 19.3. The van der Waals surface area contributed by atoms with Gasteiger partial charge in [-0.1, -0.05) is 72.8 Å². The maximum Gasteiger partial charge on any atom is 0.164 e. The topological polar surface area (TPSA) is 58.6 Å². The summed E-state index contributed by atoms with van der Waals surface area (Å²) in [5.74, 6) is 0.0624. The van der Waals surface area contributed by atoms with Crippen LogP contribution in [0.2, 0.25) is 0 Å². The summed E-state index contributed by atoms with van der Waals surface area (Å²) in [4.78, 5) is 12.9. The predicted molar refractivity (Wildman–Crippen MR) is 136 cm³/mol. The number of halogens is 1. The fraction of sp³-hybridized carbons (Fsp3) is 0.167. The number of ether oxygens (including phenoxy) is 1. The molecule has 178 valence electrons. The molecular weight excluding hydrogens is 441 g/mol. The van der Waals surface area contributed by atoms with Crippen molar-refractivity contribution in [3.05, 3.63) is 132 Å². The van der Waals surface area contributed by atoms with E-state index in [4.69, 9.17) is 4.74 Å². The molecular formula is C30H28FNO3. The van der Waals surface area contributed by atoms with Gasteiger partial charge in [0, 0.05) is 12.1 Å². The Bertz CT molecular complexity index is 1200. The third kappa shape index (κ3) is 7.01. The molecule has 0 aliphatic carbocycles. The van der Waals surface area contributed by atoms with Crippen molar-refractivity contribution in [3.63, 3.8) is 0 Å². The normalized spacial score (nSPS) is 12.5. The first kappa shape index (κ1) is 24.2. The highest BCUT2D eigenvalue weighted by Crippen LogP contribution is 2.27. The molecule has 4 nitrogen and oxygen atoms in total. The number of rotatable bonds is 11. The van der Waals surface area contributed by atoms with Crippen molar-refractivity contribution in [2.75, 3.05) is 5.32 Å². The summed E-state index contributed by atoms with van der Waals surface area (Å²) in [5, 5.41) is 14.2. The van der Waals surface area contributed by atoms with Crippen molar-refractivity contribution in [1.29, 1.82) is 0 Å². The zero-order chi connectivity index (χ0) is 24.5. The maximum absolute atomic E-state index is 13.4. The Labute approximate surface area is 205 Å². The van der Waals surface area contributed by atoms with Crippen LogP contribution in [0, 0.1) is 5.82 Å². The minimum Gasteiger partial charge on any atom is -0.489 e. The van der Waals surface area contributed by atoms with E-state index in [1.54, 1.807) is 12.1 Å². The van der Waals surface area contributed by atoms with Gasteiger partial charge in [0.15, 0.2) is 5.78 Å². The van der Waals surface area contributed by atoms with Crippen LogP contribution in [-0.4, -0.2) is 17.0 Å². The van der Waals surface area contributed by atoms with E-state index in [1.807, 2.05) is 84.9 Å². The molecule has 4 aromatic rings. The van der Waals surface area contributed by atoms with Crippen molar-refractivity contribution in [3.8, 4) is 5.75 Å². The van der Waals surface area contributed by atoms with Gasteiger partial charge in [-0.25, -0.2) is 4.39 Å². The van der Waals surface area contributed by atoms with Crippen molar-refractivity contribution in [1.82, 2.24) is 0 Å². The molecule has 0 aliphatic heterocycles. The Balaban J connectivity index is 1.48. The van der Waals surface area contributed by atoms with E-state index >= 15 is 0 Å². The summed E-state index contributed by atoms with van der Waals surface area (Å²) in [7, 11) is 0. The van der Waals surface area contributed by atoms with Crippen molar-refractivity contribution < 1.29 is 19.0 Å². The first-order valence-corrected chi connectivity index (χ1v) is 11.6. The van der Waals surface area contributed by atoms with Gasteiger partial charge < -0.3 is 15.2 Å². The molecule has 0 amide bonds. The number of hydrogen-bond donors (Lipinski definition) is 2. The van der Waals surface area contributed by atoms with E-state index in [0.29, 0.717) is 24.5 Å². The molecule has 5 heteroatoms. The Kier molecular flexibility index (Phi) is 8.25. The highest BCUT2D eigenvalue weighted by atomic mass is 19.1. The second-order valence-electron chi connectivity index (χ2n) is 8.37. The van der Waals surface area contributed by atoms with E-state index in [2.05, 4.69) is 5.32 Å². The summed E-state index contributed by atoms with van der Waals surface area (Å²) in [6.07, 6.45) is -0.517. The highest BCUT2D eigenvalue weighted by molar-refractivity contribution is 5.84. The lowest BCUT2D eigenvalue weighted by atomic mass is 9.95. The Morgan fingerprint density at radius 1 is 0.800 bits per heavy atom. The second kappa shape index (κ2) is 12.0. The van der Waals surface area contributed by atoms with E-state index < -0.39 is 12.1 Å². The minimum atomic E-state index is -1.28.